The second-order valence-corrected chi connectivity index (χ2v) is 13.2. The van der Waals surface area contributed by atoms with Crippen molar-refractivity contribution < 1.29 is 0 Å². The molecule has 0 radical (unpaired) electrons. The van der Waals surface area contributed by atoms with Gasteiger partial charge in [-0.1, -0.05) is 116 Å². The van der Waals surface area contributed by atoms with Crippen molar-refractivity contribution in [2.24, 2.45) is 5.92 Å². The highest BCUT2D eigenvalue weighted by Gasteiger charge is 2.15. The Bertz CT molecular complexity index is 2530. The summed E-state index contributed by atoms with van der Waals surface area (Å²) in [5.41, 5.74) is 13.4. The minimum absolute atomic E-state index is 0.553. The van der Waals surface area contributed by atoms with E-state index in [4.69, 9.17) is 9.97 Å². The Kier molecular flexibility index (Phi) is 7.82. The zero-order valence-electron chi connectivity index (χ0n) is 28.2. The van der Waals surface area contributed by atoms with E-state index in [-0.39, 0.29) is 0 Å². The molecular weight excluding hydrogens is 621 g/mol. The van der Waals surface area contributed by atoms with Gasteiger partial charge in [-0.3, -0.25) is 9.97 Å². The molecule has 1 unspecified atom stereocenters. The molecule has 0 saturated carbocycles. The van der Waals surface area contributed by atoms with E-state index in [1.165, 1.54) is 38.4 Å². The Morgan fingerprint density at radius 3 is 1.73 bits per heavy atom. The Hall–Kier alpha value is -6.52. The van der Waals surface area contributed by atoms with Crippen molar-refractivity contribution in [3.05, 3.63) is 176 Å². The van der Waals surface area contributed by atoms with Gasteiger partial charge in [-0.2, -0.15) is 0 Å². The maximum absolute atomic E-state index is 5.17. The summed E-state index contributed by atoms with van der Waals surface area (Å²) in [6.45, 7) is 2.25. The fourth-order valence-corrected chi connectivity index (χ4v) is 6.99. The number of hydrogen-bond donors (Lipinski definition) is 0. The lowest BCUT2D eigenvalue weighted by molar-refractivity contribution is 0.739. The lowest BCUT2D eigenvalue weighted by Crippen LogP contribution is -1.98. The summed E-state index contributed by atoms with van der Waals surface area (Å²) in [6, 6.07) is 49.0. The van der Waals surface area contributed by atoms with Crippen LogP contribution in [0, 0.1) is 5.92 Å². The maximum atomic E-state index is 5.17. The van der Waals surface area contributed by atoms with Gasteiger partial charge in [0.25, 0.3) is 0 Å². The summed E-state index contributed by atoms with van der Waals surface area (Å²) in [4.78, 5) is 19.2. The quantitative estimate of drug-likeness (QED) is 0.167. The van der Waals surface area contributed by atoms with Crippen LogP contribution in [0.1, 0.15) is 19.0 Å². The summed E-state index contributed by atoms with van der Waals surface area (Å²) in [5, 5.41) is 3.63. The van der Waals surface area contributed by atoms with Crippen LogP contribution in [0.25, 0.3) is 83.4 Å². The molecule has 4 heterocycles. The van der Waals surface area contributed by atoms with Gasteiger partial charge in [0, 0.05) is 17.8 Å². The molecule has 0 amide bonds. The molecule has 0 fully saturated rings. The normalized spacial score (nSPS) is 14.1. The van der Waals surface area contributed by atoms with Gasteiger partial charge < -0.3 is 0 Å². The highest BCUT2D eigenvalue weighted by molar-refractivity contribution is 6.13. The van der Waals surface area contributed by atoms with Crippen molar-refractivity contribution in [3.8, 4) is 56.2 Å². The summed E-state index contributed by atoms with van der Waals surface area (Å²) in [7, 11) is 0. The molecule has 8 aromatic rings. The van der Waals surface area contributed by atoms with E-state index in [1.54, 1.807) is 12.4 Å². The van der Waals surface area contributed by atoms with Crippen LogP contribution < -0.4 is 0 Å². The zero-order chi connectivity index (χ0) is 34.1. The average Bonchev–Trinajstić information content (AvgIpc) is 3.21. The molecule has 0 bridgehead atoms. The summed E-state index contributed by atoms with van der Waals surface area (Å²) >= 11 is 0. The van der Waals surface area contributed by atoms with Crippen molar-refractivity contribution in [3.63, 3.8) is 0 Å². The molecule has 0 aliphatic heterocycles. The number of allylic oxidation sites excluding steroid dienone is 4. The number of fused-ring (bicyclic) bond motifs is 3. The number of rotatable bonds is 6. The number of aromatic nitrogens is 4. The number of nitrogens with zero attached hydrogens (tertiary/aromatic N) is 4. The molecule has 4 aromatic carbocycles. The van der Waals surface area contributed by atoms with Gasteiger partial charge in [0.1, 0.15) is 0 Å². The fourth-order valence-electron chi connectivity index (χ4n) is 6.99. The molecule has 9 rings (SSSR count). The third-order valence-electron chi connectivity index (χ3n) is 9.74. The molecule has 4 aromatic heterocycles. The van der Waals surface area contributed by atoms with Crippen LogP contribution in [0.2, 0.25) is 0 Å². The van der Waals surface area contributed by atoms with E-state index in [1.807, 2.05) is 36.4 Å². The van der Waals surface area contributed by atoms with Gasteiger partial charge >= 0.3 is 0 Å². The van der Waals surface area contributed by atoms with Crippen LogP contribution in [-0.2, 0) is 0 Å². The largest absolute Gasteiger partial charge is 0.255 e. The van der Waals surface area contributed by atoms with Crippen LogP contribution in [0.15, 0.2) is 170 Å². The summed E-state index contributed by atoms with van der Waals surface area (Å²) in [5.74, 6) is 0.553. The lowest BCUT2D eigenvalue weighted by Gasteiger charge is -2.16. The molecule has 0 spiro atoms. The standard InChI is InChI=1S/C47H34N4/c1-31-12-14-37(15-13-31)44-30-40(47-39-9-3-2-8-35(39)24-25-43(47)50-44)36-22-20-33(21-23-36)32-16-18-34(19-17-32)38-28-45(41-10-4-6-26-48-41)51-46(29-38)42-11-5-7-27-49-42/h2-12,14-31H,13H2,1H3. The van der Waals surface area contributed by atoms with E-state index >= 15 is 0 Å². The van der Waals surface area contributed by atoms with Crippen LogP contribution in [0.5, 0.6) is 0 Å². The Labute approximate surface area is 297 Å². The Balaban J connectivity index is 1.08. The molecule has 1 atom stereocenters. The van der Waals surface area contributed by atoms with Crippen LogP contribution in [0.4, 0.5) is 0 Å². The van der Waals surface area contributed by atoms with Crippen molar-refractivity contribution in [1.29, 1.82) is 0 Å². The van der Waals surface area contributed by atoms with Crippen LogP contribution >= 0.6 is 0 Å². The van der Waals surface area contributed by atoms with Gasteiger partial charge in [-0.05, 0) is 111 Å². The highest BCUT2D eigenvalue weighted by atomic mass is 14.8. The second-order valence-electron chi connectivity index (χ2n) is 13.2. The summed E-state index contributed by atoms with van der Waals surface area (Å²) in [6.07, 6.45) is 11.5. The van der Waals surface area contributed by atoms with Crippen molar-refractivity contribution >= 4 is 27.2 Å². The predicted molar refractivity (Wildman–Crippen MR) is 211 cm³/mol. The highest BCUT2D eigenvalue weighted by Crippen LogP contribution is 2.38. The smallest absolute Gasteiger partial charge is 0.0900 e. The third-order valence-corrected chi connectivity index (χ3v) is 9.74. The number of pyridine rings is 4. The van der Waals surface area contributed by atoms with E-state index in [9.17, 15) is 0 Å². The Morgan fingerprint density at radius 2 is 1.12 bits per heavy atom. The molecule has 51 heavy (non-hydrogen) atoms. The topological polar surface area (TPSA) is 51.6 Å². The van der Waals surface area contributed by atoms with Gasteiger partial charge in [-0.25, -0.2) is 9.97 Å². The van der Waals surface area contributed by atoms with Gasteiger partial charge in [0.2, 0.25) is 0 Å². The first kappa shape index (κ1) is 30.5. The molecule has 0 N–H and O–H groups in total. The first-order valence-electron chi connectivity index (χ1n) is 17.4. The molecule has 4 nitrogen and oxygen atoms in total. The van der Waals surface area contributed by atoms with E-state index in [0.717, 1.165) is 57.1 Å². The maximum Gasteiger partial charge on any atom is 0.0900 e. The minimum Gasteiger partial charge on any atom is -0.255 e. The number of hydrogen-bond acceptors (Lipinski definition) is 4. The van der Waals surface area contributed by atoms with Crippen molar-refractivity contribution in [2.75, 3.05) is 0 Å². The van der Waals surface area contributed by atoms with Crippen LogP contribution in [0.3, 0.4) is 0 Å². The molecule has 1 aliphatic carbocycles. The minimum atomic E-state index is 0.553. The lowest BCUT2D eigenvalue weighted by atomic mass is 9.91. The molecule has 4 heteroatoms. The predicted octanol–water partition coefficient (Wildman–Crippen LogP) is 11.9. The monoisotopic (exact) mass is 654 g/mol. The van der Waals surface area contributed by atoms with E-state index in [2.05, 4.69) is 138 Å². The van der Waals surface area contributed by atoms with Crippen molar-refractivity contribution in [2.45, 2.75) is 13.3 Å². The van der Waals surface area contributed by atoms with E-state index < -0.39 is 0 Å². The fraction of sp³-hybridized carbons (Fsp3) is 0.0638. The van der Waals surface area contributed by atoms with Crippen LogP contribution in [-0.4, -0.2) is 19.9 Å². The Morgan fingerprint density at radius 1 is 0.510 bits per heavy atom. The van der Waals surface area contributed by atoms with Crippen molar-refractivity contribution in [1.82, 2.24) is 19.9 Å². The van der Waals surface area contributed by atoms with E-state index in [0.29, 0.717) is 5.92 Å². The van der Waals surface area contributed by atoms with Gasteiger partial charge in [0.15, 0.2) is 0 Å². The second kappa shape index (κ2) is 13.1. The van der Waals surface area contributed by atoms with Gasteiger partial charge in [-0.15, -0.1) is 0 Å². The third kappa shape index (κ3) is 6.02. The SMILES string of the molecule is CC1C=CC(c2cc(-c3ccc(-c4ccc(-c5cc(-c6ccccn6)nc(-c6ccccn6)c5)cc4)cc3)c3c(ccc4ccccc43)n2)=CC1. The molecule has 1 aliphatic rings. The number of benzene rings is 4. The molecule has 0 saturated heterocycles. The molecule has 242 valence electrons. The first-order chi connectivity index (χ1) is 25.2. The van der Waals surface area contributed by atoms with Gasteiger partial charge in [0.05, 0.1) is 34.0 Å². The molecular formula is C47H34N4. The summed E-state index contributed by atoms with van der Waals surface area (Å²) < 4.78 is 0. The average molecular weight is 655 g/mol. The first-order valence-corrected chi connectivity index (χ1v) is 17.4. The zero-order valence-corrected chi connectivity index (χ0v) is 28.2.